The number of carbonyl (C=O) groups is 3. The molecule has 3 unspecified atom stereocenters. The lowest BCUT2D eigenvalue weighted by Gasteiger charge is -2.36. The molecule has 0 aromatic heterocycles. The summed E-state index contributed by atoms with van der Waals surface area (Å²) in [7, 11) is 4.11. The van der Waals surface area contributed by atoms with Gasteiger partial charge < -0.3 is 21.3 Å². The molecule has 41 heavy (non-hydrogen) atoms. The maximum Gasteiger partial charge on any atom is 0.245 e. The van der Waals surface area contributed by atoms with Crippen molar-refractivity contribution in [3.63, 3.8) is 0 Å². The molecule has 5 N–H and O–H groups in total. The maximum absolute atomic E-state index is 12.8. The van der Waals surface area contributed by atoms with Crippen molar-refractivity contribution in [3.05, 3.63) is 58.2 Å². The van der Waals surface area contributed by atoms with Gasteiger partial charge in [-0.3, -0.25) is 24.8 Å². The number of allylic oxidation sites excluding steroid dienone is 4. The molecule has 9 heteroatoms. The van der Waals surface area contributed by atoms with Crippen LogP contribution in [-0.2, 0) is 14.4 Å². The van der Waals surface area contributed by atoms with Gasteiger partial charge >= 0.3 is 0 Å². The highest BCUT2D eigenvalue weighted by atomic mass is 16.2. The number of amides is 3. The highest BCUT2D eigenvalue weighted by Crippen LogP contribution is 2.40. The van der Waals surface area contributed by atoms with E-state index in [0.29, 0.717) is 49.2 Å². The fourth-order valence-electron chi connectivity index (χ4n) is 6.26. The van der Waals surface area contributed by atoms with E-state index in [0.717, 1.165) is 55.5 Å². The molecule has 1 heterocycles. The second-order valence-corrected chi connectivity index (χ2v) is 12.0. The van der Waals surface area contributed by atoms with Crippen molar-refractivity contribution in [1.82, 2.24) is 15.5 Å². The van der Waals surface area contributed by atoms with Crippen LogP contribution in [0, 0.1) is 23.2 Å². The molecule has 5 aliphatic rings. The summed E-state index contributed by atoms with van der Waals surface area (Å²) in [5, 5.41) is 15.1. The molecule has 0 spiro atoms. The Bertz CT molecular complexity index is 1310. The monoisotopic (exact) mass is 558 g/mol. The first-order chi connectivity index (χ1) is 19.7. The van der Waals surface area contributed by atoms with Crippen LogP contribution in [0.15, 0.2) is 63.2 Å². The minimum Gasteiger partial charge on any atom is -0.366 e. The van der Waals surface area contributed by atoms with Gasteiger partial charge in [0.15, 0.2) is 0 Å². The molecule has 1 saturated carbocycles. The standard InChI is InChI=1S/C32H42N6O3/c1-38(2)18-19-6-8-21(9-7-19)29-26(28(33)27-24(30(34)39)4-3-5-25(27)37-29)20-10-12-22(13-11-20)31(40)35-16-17-36-32(41)23-14-15-23/h6-8,10,12,21-23,29,33H,3-5,9,11,13-18H2,1-2H3,(H2,34,39)(H,35,40)(H,36,41)/b26-20-,33-28?. The van der Waals surface area contributed by atoms with Gasteiger partial charge in [0, 0.05) is 53.9 Å². The van der Waals surface area contributed by atoms with E-state index >= 15 is 0 Å². The van der Waals surface area contributed by atoms with Gasteiger partial charge in [0.1, 0.15) is 0 Å². The summed E-state index contributed by atoms with van der Waals surface area (Å²) in [5.41, 5.74) is 11.2. The highest BCUT2D eigenvalue weighted by Gasteiger charge is 2.38. The molecular weight excluding hydrogens is 516 g/mol. The summed E-state index contributed by atoms with van der Waals surface area (Å²) in [5.74, 6) is -0.454. The highest BCUT2D eigenvalue weighted by molar-refractivity contribution is 6.34. The Labute approximate surface area is 242 Å². The third kappa shape index (κ3) is 6.67. The topological polar surface area (TPSA) is 141 Å². The summed E-state index contributed by atoms with van der Waals surface area (Å²) in [4.78, 5) is 44.3. The first kappa shape index (κ1) is 28.9. The van der Waals surface area contributed by atoms with E-state index in [1.807, 2.05) is 12.2 Å². The number of likely N-dealkylation sites (N-methyl/N-ethyl adjacent to an activating group) is 1. The van der Waals surface area contributed by atoms with Crippen LogP contribution in [0.25, 0.3) is 0 Å². The molecule has 5 rings (SSSR count). The minimum atomic E-state index is -0.474. The predicted octanol–water partition coefficient (Wildman–Crippen LogP) is 2.76. The van der Waals surface area contributed by atoms with Crippen LogP contribution in [0.3, 0.4) is 0 Å². The number of rotatable bonds is 9. The van der Waals surface area contributed by atoms with Crippen molar-refractivity contribution >= 4 is 29.1 Å². The lowest BCUT2D eigenvalue weighted by atomic mass is 9.73. The summed E-state index contributed by atoms with van der Waals surface area (Å²) < 4.78 is 0. The number of hydrogen-bond donors (Lipinski definition) is 4. The van der Waals surface area contributed by atoms with Crippen LogP contribution in [0.5, 0.6) is 0 Å². The average molecular weight is 559 g/mol. The van der Waals surface area contributed by atoms with Gasteiger partial charge in [-0.25, -0.2) is 0 Å². The first-order valence-corrected chi connectivity index (χ1v) is 14.9. The Hall–Kier alpha value is -3.59. The molecule has 1 aliphatic heterocycles. The smallest absolute Gasteiger partial charge is 0.245 e. The average Bonchev–Trinajstić information content (AvgIpc) is 3.81. The van der Waals surface area contributed by atoms with Crippen LogP contribution in [0.2, 0.25) is 0 Å². The van der Waals surface area contributed by atoms with Gasteiger partial charge in [0.05, 0.1) is 17.7 Å². The Kier molecular flexibility index (Phi) is 8.82. The Balaban J connectivity index is 1.36. The molecule has 0 aromatic carbocycles. The first-order valence-electron chi connectivity index (χ1n) is 14.9. The van der Waals surface area contributed by atoms with Gasteiger partial charge in [0.2, 0.25) is 17.7 Å². The summed E-state index contributed by atoms with van der Waals surface area (Å²) >= 11 is 0. The second-order valence-electron chi connectivity index (χ2n) is 12.0. The SMILES string of the molecule is CN(C)CC1=CCC(C2N=C3CCCC(C(N)=O)=C3C(=N)/C2=C2\C=CC(C(=O)NCCNC(=O)C3CC3)CC2)C=C1. The second kappa shape index (κ2) is 12.5. The number of hydrogen-bond acceptors (Lipinski definition) is 6. The van der Waals surface area contributed by atoms with Crippen molar-refractivity contribution in [2.24, 2.45) is 28.5 Å². The van der Waals surface area contributed by atoms with Crippen LogP contribution < -0.4 is 16.4 Å². The van der Waals surface area contributed by atoms with Gasteiger partial charge in [-0.05, 0) is 76.6 Å². The lowest BCUT2D eigenvalue weighted by Crippen LogP contribution is -2.39. The number of primary amides is 1. The summed E-state index contributed by atoms with van der Waals surface area (Å²) in [6.07, 6.45) is 16.7. The van der Waals surface area contributed by atoms with E-state index in [1.54, 1.807) is 0 Å². The quantitative estimate of drug-likeness (QED) is 0.323. The molecule has 0 radical (unpaired) electrons. The van der Waals surface area contributed by atoms with Crippen LogP contribution in [0.1, 0.15) is 51.4 Å². The molecular formula is C32H42N6O3. The molecule has 218 valence electrons. The van der Waals surface area contributed by atoms with Crippen LogP contribution in [0.4, 0.5) is 0 Å². The van der Waals surface area contributed by atoms with Gasteiger partial charge in [-0.1, -0.05) is 30.4 Å². The van der Waals surface area contributed by atoms with Crippen molar-refractivity contribution in [1.29, 1.82) is 5.41 Å². The fraction of sp³-hybridized carbons (Fsp3) is 0.531. The van der Waals surface area contributed by atoms with E-state index in [2.05, 4.69) is 47.9 Å². The van der Waals surface area contributed by atoms with Gasteiger partial charge in [-0.15, -0.1) is 0 Å². The van der Waals surface area contributed by atoms with Gasteiger partial charge in [-0.2, -0.15) is 0 Å². The summed E-state index contributed by atoms with van der Waals surface area (Å²) in [6, 6.07) is -0.220. The normalized spacial score (nSPS) is 27.8. The van der Waals surface area contributed by atoms with Crippen LogP contribution >= 0.6 is 0 Å². The maximum atomic E-state index is 12.8. The lowest BCUT2D eigenvalue weighted by molar-refractivity contribution is -0.125. The zero-order valence-corrected chi connectivity index (χ0v) is 24.2. The molecule has 9 nitrogen and oxygen atoms in total. The molecule has 0 aromatic rings. The van der Waals surface area contributed by atoms with E-state index in [9.17, 15) is 19.8 Å². The molecule has 3 amide bonds. The molecule has 0 bridgehead atoms. The van der Waals surface area contributed by atoms with Crippen molar-refractivity contribution in [3.8, 4) is 0 Å². The zero-order chi connectivity index (χ0) is 29.1. The predicted molar refractivity (Wildman–Crippen MR) is 161 cm³/mol. The van der Waals surface area contributed by atoms with E-state index in [4.69, 9.17) is 10.7 Å². The minimum absolute atomic E-state index is 0.0543. The van der Waals surface area contributed by atoms with Crippen molar-refractivity contribution in [2.75, 3.05) is 33.7 Å². The third-order valence-electron chi connectivity index (χ3n) is 8.56. The van der Waals surface area contributed by atoms with Crippen molar-refractivity contribution in [2.45, 2.75) is 57.4 Å². The largest absolute Gasteiger partial charge is 0.366 e. The molecule has 4 aliphatic carbocycles. The molecule has 3 atom stereocenters. The van der Waals surface area contributed by atoms with Crippen LogP contribution in [-0.4, -0.2) is 73.8 Å². The third-order valence-corrected chi connectivity index (χ3v) is 8.56. The number of nitrogens with zero attached hydrogens (tertiary/aromatic N) is 2. The molecule has 1 fully saturated rings. The van der Waals surface area contributed by atoms with E-state index < -0.39 is 5.91 Å². The number of fused-ring (bicyclic) bond motifs is 1. The number of carbonyl (C=O) groups excluding carboxylic acids is 3. The number of nitrogens with two attached hydrogens (primary N) is 1. The Morgan fingerprint density at radius 2 is 1.78 bits per heavy atom. The van der Waals surface area contributed by atoms with E-state index in [1.165, 1.54) is 5.57 Å². The number of nitrogens with one attached hydrogen (secondary N) is 3. The van der Waals surface area contributed by atoms with Gasteiger partial charge in [0.25, 0.3) is 0 Å². The van der Waals surface area contributed by atoms with Crippen molar-refractivity contribution < 1.29 is 14.4 Å². The zero-order valence-electron chi connectivity index (χ0n) is 24.2. The Morgan fingerprint density at radius 3 is 2.39 bits per heavy atom. The number of aliphatic imine (C=N–C) groups is 1. The van der Waals surface area contributed by atoms with E-state index in [-0.39, 0.29) is 35.6 Å². The summed E-state index contributed by atoms with van der Waals surface area (Å²) in [6.45, 7) is 1.71. The Morgan fingerprint density at radius 1 is 1.02 bits per heavy atom. The molecule has 0 saturated heterocycles. The fourth-order valence-corrected chi connectivity index (χ4v) is 6.26.